The summed E-state index contributed by atoms with van der Waals surface area (Å²) in [7, 11) is 1.82. The van der Waals surface area contributed by atoms with Gasteiger partial charge in [-0.15, -0.1) is 10.2 Å². The number of carbonyl (C=O) groups excluding carboxylic acids is 1. The summed E-state index contributed by atoms with van der Waals surface area (Å²) in [6, 6.07) is 11.6. The van der Waals surface area contributed by atoms with Crippen molar-refractivity contribution in [3.8, 4) is 22.9 Å². The monoisotopic (exact) mass is 400 g/mol. The lowest BCUT2D eigenvalue weighted by atomic mass is 10.2. The molecule has 144 valence electrons. The third-order valence-electron chi connectivity index (χ3n) is 4.12. The molecule has 0 aliphatic carbocycles. The fourth-order valence-electron chi connectivity index (χ4n) is 2.75. The summed E-state index contributed by atoms with van der Waals surface area (Å²) in [6.07, 6.45) is 0. The van der Waals surface area contributed by atoms with Gasteiger partial charge in [-0.05, 0) is 30.3 Å². The number of nitrogens with zero attached hydrogens (tertiary/aromatic N) is 3. The number of ether oxygens (including phenoxy) is 2. The fraction of sp³-hybridized carbons (Fsp3) is 0.211. The first kappa shape index (κ1) is 18.3. The van der Waals surface area contributed by atoms with Gasteiger partial charge in [-0.3, -0.25) is 4.79 Å². The molecule has 1 aliphatic heterocycles. The largest absolute Gasteiger partial charge is 0.486 e. The van der Waals surface area contributed by atoms with Crippen molar-refractivity contribution in [2.75, 3.05) is 24.3 Å². The molecule has 0 radical (unpaired) electrons. The van der Waals surface area contributed by atoms with Crippen LogP contribution in [0.15, 0.2) is 47.6 Å². The predicted octanol–water partition coefficient (Wildman–Crippen LogP) is 3.12. The van der Waals surface area contributed by atoms with Gasteiger partial charge in [0.15, 0.2) is 22.5 Å². The van der Waals surface area contributed by atoms with Crippen LogP contribution in [-0.2, 0) is 11.8 Å². The van der Waals surface area contributed by atoms with E-state index >= 15 is 0 Å². The van der Waals surface area contributed by atoms with E-state index in [0.29, 0.717) is 35.7 Å². The molecule has 0 saturated carbocycles. The van der Waals surface area contributed by atoms with E-state index in [1.807, 2.05) is 25.2 Å². The molecule has 0 unspecified atom stereocenters. The number of hydrogen-bond acceptors (Lipinski definition) is 6. The summed E-state index contributed by atoms with van der Waals surface area (Å²) in [5, 5.41) is 11.5. The number of carbonyl (C=O) groups is 1. The van der Waals surface area contributed by atoms with Crippen molar-refractivity contribution in [1.29, 1.82) is 0 Å². The molecular weight excluding hydrogens is 383 g/mol. The van der Waals surface area contributed by atoms with Gasteiger partial charge in [0.25, 0.3) is 0 Å². The van der Waals surface area contributed by atoms with E-state index in [2.05, 4.69) is 15.5 Å². The second kappa shape index (κ2) is 7.89. The van der Waals surface area contributed by atoms with Crippen molar-refractivity contribution in [1.82, 2.24) is 14.8 Å². The maximum Gasteiger partial charge on any atom is 0.234 e. The summed E-state index contributed by atoms with van der Waals surface area (Å²) >= 11 is 1.22. The maximum absolute atomic E-state index is 13.6. The van der Waals surface area contributed by atoms with Gasteiger partial charge >= 0.3 is 0 Å². The average molecular weight is 400 g/mol. The van der Waals surface area contributed by atoms with E-state index in [0.717, 1.165) is 5.56 Å². The first-order chi connectivity index (χ1) is 13.6. The first-order valence-electron chi connectivity index (χ1n) is 8.58. The molecule has 0 atom stereocenters. The van der Waals surface area contributed by atoms with Crippen LogP contribution in [0.4, 0.5) is 10.1 Å². The average Bonchev–Trinajstić information content (AvgIpc) is 3.08. The molecule has 4 rings (SSSR count). The number of halogens is 1. The molecule has 1 N–H and O–H groups in total. The Labute approximate surface area is 164 Å². The zero-order valence-corrected chi connectivity index (χ0v) is 15.8. The van der Waals surface area contributed by atoms with Crippen LogP contribution in [0.2, 0.25) is 0 Å². The summed E-state index contributed by atoms with van der Waals surface area (Å²) in [6.45, 7) is 1.04. The summed E-state index contributed by atoms with van der Waals surface area (Å²) in [5.41, 5.74) is 0.991. The second-order valence-electron chi connectivity index (χ2n) is 6.04. The van der Waals surface area contributed by atoms with Crippen LogP contribution in [-0.4, -0.2) is 39.6 Å². The number of anilines is 1. The van der Waals surface area contributed by atoms with Gasteiger partial charge in [0, 0.05) is 12.6 Å². The number of thioether (sulfide) groups is 1. The van der Waals surface area contributed by atoms with E-state index < -0.39 is 5.82 Å². The Balaban J connectivity index is 1.44. The first-order valence-corrected chi connectivity index (χ1v) is 9.57. The number of fused-ring (bicyclic) bond motifs is 1. The minimum absolute atomic E-state index is 0.0848. The van der Waals surface area contributed by atoms with Crippen LogP contribution in [0.1, 0.15) is 0 Å². The normalized spacial score (nSPS) is 12.6. The lowest BCUT2D eigenvalue weighted by Gasteiger charge is -2.18. The Hall–Kier alpha value is -3.07. The van der Waals surface area contributed by atoms with Gasteiger partial charge in [0.2, 0.25) is 5.91 Å². The molecule has 28 heavy (non-hydrogen) atoms. The van der Waals surface area contributed by atoms with Gasteiger partial charge in [-0.25, -0.2) is 4.39 Å². The highest BCUT2D eigenvalue weighted by Gasteiger charge is 2.17. The third kappa shape index (κ3) is 3.79. The second-order valence-corrected chi connectivity index (χ2v) is 6.98. The quantitative estimate of drug-likeness (QED) is 0.663. The van der Waals surface area contributed by atoms with Crippen molar-refractivity contribution in [2.24, 2.45) is 7.05 Å². The molecule has 1 aromatic heterocycles. The van der Waals surface area contributed by atoms with Crippen molar-refractivity contribution in [3.63, 3.8) is 0 Å². The van der Waals surface area contributed by atoms with E-state index in [4.69, 9.17) is 9.47 Å². The Morgan fingerprint density at radius 1 is 1.18 bits per heavy atom. The van der Waals surface area contributed by atoms with Crippen LogP contribution < -0.4 is 14.8 Å². The van der Waals surface area contributed by atoms with E-state index in [1.165, 1.54) is 23.9 Å². The van der Waals surface area contributed by atoms with Crippen LogP contribution in [0.5, 0.6) is 11.5 Å². The molecule has 0 fully saturated rings. The standard InChI is InChI=1S/C19H17FN4O3S/c1-24-18(12-6-7-15-16(10-12)27-9-8-26-15)22-23-19(24)28-11-17(25)21-14-5-3-2-4-13(14)20/h2-7,10H,8-9,11H2,1H3,(H,21,25). The number of para-hydroxylation sites is 1. The van der Waals surface area contributed by atoms with E-state index in [-0.39, 0.29) is 17.3 Å². The molecular formula is C19H17FN4O3S. The minimum atomic E-state index is -0.472. The molecule has 0 bridgehead atoms. The van der Waals surface area contributed by atoms with Gasteiger partial charge < -0.3 is 19.4 Å². The van der Waals surface area contributed by atoms with Gasteiger partial charge in [-0.2, -0.15) is 0 Å². The number of benzene rings is 2. The van der Waals surface area contributed by atoms with Crippen LogP contribution in [0.25, 0.3) is 11.4 Å². The van der Waals surface area contributed by atoms with Crippen molar-refractivity contribution < 1.29 is 18.7 Å². The molecule has 1 aliphatic rings. The van der Waals surface area contributed by atoms with E-state index in [1.54, 1.807) is 16.7 Å². The van der Waals surface area contributed by atoms with Crippen molar-refractivity contribution in [2.45, 2.75) is 5.16 Å². The van der Waals surface area contributed by atoms with E-state index in [9.17, 15) is 9.18 Å². The lowest BCUT2D eigenvalue weighted by Crippen LogP contribution is -2.15. The molecule has 3 aromatic rings. The Kier molecular flexibility index (Phi) is 5.16. The number of amides is 1. The zero-order valence-electron chi connectivity index (χ0n) is 15.0. The maximum atomic E-state index is 13.6. The highest BCUT2D eigenvalue weighted by molar-refractivity contribution is 7.99. The van der Waals surface area contributed by atoms with Gasteiger partial charge in [0.05, 0.1) is 11.4 Å². The van der Waals surface area contributed by atoms with Crippen LogP contribution >= 0.6 is 11.8 Å². The van der Waals surface area contributed by atoms with Crippen molar-refractivity contribution in [3.05, 3.63) is 48.3 Å². The number of nitrogens with one attached hydrogen (secondary N) is 1. The number of hydrogen-bond donors (Lipinski definition) is 1. The molecule has 2 heterocycles. The van der Waals surface area contributed by atoms with Gasteiger partial charge in [0.1, 0.15) is 19.0 Å². The number of rotatable bonds is 5. The smallest absolute Gasteiger partial charge is 0.234 e. The molecule has 0 spiro atoms. The zero-order chi connectivity index (χ0) is 19.5. The molecule has 0 saturated heterocycles. The molecule has 9 heteroatoms. The highest BCUT2D eigenvalue weighted by atomic mass is 32.2. The molecule has 2 aromatic carbocycles. The SMILES string of the molecule is Cn1c(SCC(=O)Nc2ccccc2F)nnc1-c1ccc2c(c1)OCCO2. The fourth-order valence-corrected chi connectivity index (χ4v) is 3.46. The summed E-state index contributed by atoms with van der Waals surface area (Å²) in [4.78, 5) is 12.1. The Bertz CT molecular complexity index is 1020. The van der Waals surface area contributed by atoms with Crippen LogP contribution in [0, 0.1) is 5.82 Å². The Morgan fingerprint density at radius 2 is 1.96 bits per heavy atom. The lowest BCUT2D eigenvalue weighted by molar-refractivity contribution is -0.113. The van der Waals surface area contributed by atoms with Crippen molar-refractivity contribution >= 4 is 23.4 Å². The molecule has 1 amide bonds. The third-order valence-corrected chi connectivity index (χ3v) is 5.14. The highest BCUT2D eigenvalue weighted by Crippen LogP contribution is 2.34. The minimum Gasteiger partial charge on any atom is -0.486 e. The summed E-state index contributed by atoms with van der Waals surface area (Å²) in [5.74, 6) is 1.32. The topological polar surface area (TPSA) is 78.3 Å². The van der Waals surface area contributed by atoms with Crippen LogP contribution in [0.3, 0.4) is 0 Å². The predicted molar refractivity (Wildman–Crippen MR) is 103 cm³/mol. The van der Waals surface area contributed by atoms with Gasteiger partial charge in [-0.1, -0.05) is 23.9 Å². The number of aromatic nitrogens is 3. The summed E-state index contributed by atoms with van der Waals surface area (Å²) < 4.78 is 26.6. The molecule has 7 nitrogen and oxygen atoms in total. The Morgan fingerprint density at radius 3 is 2.79 bits per heavy atom.